The summed E-state index contributed by atoms with van der Waals surface area (Å²) in [5.74, 6) is 0.127. The summed E-state index contributed by atoms with van der Waals surface area (Å²) < 4.78 is 12.9. The lowest BCUT2D eigenvalue weighted by Gasteiger charge is -2.23. The van der Waals surface area contributed by atoms with Crippen LogP contribution in [0.15, 0.2) is 54.6 Å². The molecular weight excluding hydrogens is 251 g/mol. The van der Waals surface area contributed by atoms with Crippen molar-refractivity contribution < 1.29 is 4.39 Å². The van der Waals surface area contributed by atoms with Gasteiger partial charge in [-0.05, 0) is 30.3 Å². The van der Waals surface area contributed by atoms with E-state index in [1.807, 2.05) is 30.3 Å². The topological polar surface area (TPSA) is 29.3 Å². The molecule has 0 bridgehead atoms. The molecule has 2 aromatic rings. The van der Waals surface area contributed by atoms with E-state index in [2.05, 4.69) is 24.1 Å². The highest BCUT2D eigenvalue weighted by atomic mass is 19.1. The fourth-order valence-electron chi connectivity index (χ4n) is 2.38. The van der Waals surface area contributed by atoms with Gasteiger partial charge in [0, 0.05) is 25.6 Å². The van der Waals surface area contributed by atoms with Crippen molar-refractivity contribution in [2.45, 2.75) is 12.5 Å². The maximum atomic E-state index is 12.9. The minimum Gasteiger partial charge on any atom is -0.330 e. The van der Waals surface area contributed by atoms with E-state index in [0.29, 0.717) is 12.5 Å². The Balaban J connectivity index is 1.95. The van der Waals surface area contributed by atoms with Crippen molar-refractivity contribution in [3.63, 3.8) is 0 Å². The monoisotopic (exact) mass is 272 g/mol. The molecule has 1 unspecified atom stereocenters. The Bertz CT molecular complexity index is 510. The van der Waals surface area contributed by atoms with Crippen LogP contribution in [0.4, 0.5) is 4.39 Å². The smallest absolute Gasteiger partial charge is 0.123 e. The van der Waals surface area contributed by atoms with Crippen molar-refractivity contribution in [1.82, 2.24) is 4.90 Å². The van der Waals surface area contributed by atoms with Gasteiger partial charge < -0.3 is 10.6 Å². The Labute approximate surface area is 120 Å². The Hall–Kier alpha value is -1.71. The number of nitrogens with two attached hydrogens (primary N) is 1. The van der Waals surface area contributed by atoms with Gasteiger partial charge in [0.1, 0.15) is 5.82 Å². The molecular formula is C17H21FN2. The minimum atomic E-state index is -0.194. The Morgan fingerprint density at radius 2 is 1.70 bits per heavy atom. The highest BCUT2D eigenvalue weighted by molar-refractivity contribution is 5.20. The van der Waals surface area contributed by atoms with Crippen LogP contribution in [0.25, 0.3) is 0 Å². The lowest BCUT2D eigenvalue weighted by molar-refractivity contribution is 0.304. The van der Waals surface area contributed by atoms with Gasteiger partial charge in [-0.15, -0.1) is 0 Å². The van der Waals surface area contributed by atoms with Gasteiger partial charge in [-0.25, -0.2) is 4.39 Å². The molecule has 0 fully saturated rings. The molecule has 0 aliphatic rings. The summed E-state index contributed by atoms with van der Waals surface area (Å²) in [4.78, 5) is 2.22. The largest absolute Gasteiger partial charge is 0.330 e. The van der Waals surface area contributed by atoms with Gasteiger partial charge in [0.25, 0.3) is 0 Å². The van der Waals surface area contributed by atoms with Crippen LogP contribution >= 0.6 is 0 Å². The second-order valence-electron chi connectivity index (χ2n) is 5.17. The Morgan fingerprint density at radius 3 is 2.30 bits per heavy atom. The van der Waals surface area contributed by atoms with Crippen molar-refractivity contribution >= 4 is 0 Å². The fourth-order valence-corrected chi connectivity index (χ4v) is 2.38. The summed E-state index contributed by atoms with van der Waals surface area (Å²) in [5.41, 5.74) is 8.26. The molecule has 2 aromatic carbocycles. The molecule has 20 heavy (non-hydrogen) atoms. The first-order chi connectivity index (χ1) is 9.69. The third-order valence-corrected chi connectivity index (χ3v) is 3.45. The average molecular weight is 272 g/mol. The summed E-state index contributed by atoms with van der Waals surface area (Å²) in [7, 11) is 2.06. The van der Waals surface area contributed by atoms with Crippen LogP contribution in [-0.4, -0.2) is 25.0 Å². The van der Waals surface area contributed by atoms with E-state index >= 15 is 0 Å². The summed E-state index contributed by atoms with van der Waals surface area (Å²) >= 11 is 0. The van der Waals surface area contributed by atoms with Crippen LogP contribution in [-0.2, 0) is 6.54 Å². The van der Waals surface area contributed by atoms with Crippen molar-refractivity contribution in [2.24, 2.45) is 5.73 Å². The SMILES string of the molecule is CN(Cc1ccc(F)cc1)CC(CN)c1ccccc1. The molecule has 0 aliphatic carbocycles. The predicted octanol–water partition coefficient (Wildman–Crippen LogP) is 3.00. The van der Waals surface area contributed by atoms with Gasteiger partial charge in [-0.3, -0.25) is 0 Å². The van der Waals surface area contributed by atoms with Crippen LogP contribution < -0.4 is 5.73 Å². The Kier molecular flexibility index (Phi) is 5.27. The first-order valence-corrected chi connectivity index (χ1v) is 6.87. The summed E-state index contributed by atoms with van der Waals surface area (Å²) in [6.45, 7) is 2.30. The maximum Gasteiger partial charge on any atom is 0.123 e. The lowest BCUT2D eigenvalue weighted by Crippen LogP contribution is -2.28. The van der Waals surface area contributed by atoms with E-state index < -0.39 is 0 Å². The molecule has 3 heteroatoms. The first-order valence-electron chi connectivity index (χ1n) is 6.87. The number of benzene rings is 2. The number of hydrogen-bond donors (Lipinski definition) is 1. The van der Waals surface area contributed by atoms with Gasteiger partial charge in [-0.2, -0.15) is 0 Å². The zero-order valence-electron chi connectivity index (χ0n) is 11.8. The molecule has 0 aromatic heterocycles. The summed E-state index contributed by atoms with van der Waals surface area (Å²) in [6, 6.07) is 17.0. The van der Waals surface area contributed by atoms with Gasteiger partial charge in [-0.1, -0.05) is 42.5 Å². The van der Waals surface area contributed by atoms with Gasteiger partial charge in [0.05, 0.1) is 0 Å². The van der Waals surface area contributed by atoms with E-state index in [1.54, 1.807) is 0 Å². The molecule has 0 spiro atoms. The predicted molar refractivity (Wildman–Crippen MR) is 81.0 cm³/mol. The highest BCUT2D eigenvalue weighted by Gasteiger charge is 2.12. The van der Waals surface area contributed by atoms with Gasteiger partial charge >= 0.3 is 0 Å². The molecule has 0 saturated heterocycles. The van der Waals surface area contributed by atoms with Crippen molar-refractivity contribution in [3.05, 3.63) is 71.5 Å². The first kappa shape index (κ1) is 14.7. The zero-order valence-corrected chi connectivity index (χ0v) is 11.8. The second-order valence-corrected chi connectivity index (χ2v) is 5.17. The fraction of sp³-hybridized carbons (Fsp3) is 0.294. The molecule has 0 aliphatic heterocycles. The summed E-state index contributed by atoms with van der Waals surface area (Å²) in [6.07, 6.45) is 0. The zero-order chi connectivity index (χ0) is 14.4. The summed E-state index contributed by atoms with van der Waals surface area (Å²) in [5, 5.41) is 0. The Morgan fingerprint density at radius 1 is 1.05 bits per heavy atom. The molecule has 2 nitrogen and oxygen atoms in total. The average Bonchev–Trinajstić information content (AvgIpc) is 2.48. The molecule has 1 atom stereocenters. The molecule has 106 valence electrons. The van der Waals surface area contributed by atoms with E-state index in [0.717, 1.165) is 18.7 Å². The van der Waals surface area contributed by atoms with Crippen LogP contribution in [0, 0.1) is 5.82 Å². The molecule has 0 saturated carbocycles. The lowest BCUT2D eigenvalue weighted by atomic mass is 9.98. The number of hydrogen-bond acceptors (Lipinski definition) is 2. The van der Waals surface area contributed by atoms with E-state index in [4.69, 9.17) is 5.73 Å². The van der Waals surface area contributed by atoms with Crippen LogP contribution in [0.2, 0.25) is 0 Å². The number of nitrogens with zero attached hydrogens (tertiary/aromatic N) is 1. The minimum absolute atomic E-state index is 0.194. The van der Waals surface area contributed by atoms with Crippen LogP contribution in [0.5, 0.6) is 0 Å². The highest BCUT2D eigenvalue weighted by Crippen LogP contribution is 2.16. The van der Waals surface area contributed by atoms with Gasteiger partial charge in [0.15, 0.2) is 0 Å². The molecule has 2 rings (SSSR count). The normalized spacial score (nSPS) is 12.6. The molecule has 0 amide bonds. The van der Waals surface area contributed by atoms with E-state index in [9.17, 15) is 4.39 Å². The maximum absolute atomic E-state index is 12.9. The second kappa shape index (κ2) is 7.17. The number of halogens is 1. The van der Waals surface area contributed by atoms with Crippen molar-refractivity contribution in [3.8, 4) is 0 Å². The number of likely N-dealkylation sites (N-methyl/N-ethyl adjacent to an activating group) is 1. The van der Waals surface area contributed by atoms with Gasteiger partial charge in [0.2, 0.25) is 0 Å². The molecule has 2 N–H and O–H groups in total. The van der Waals surface area contributed by atoms with Crippen molar-refractivity contribution in [2.75, 3.05) is 20.1 Å². The third kappa shape index (κ3) is 4.15. The number of rotatable bonds is 6. The molecule has 0 heterocycles. The standard InChI is InChI=1S/C17H21FN2/c1-20(12-14-7-9-17(18)10-8-14)13-16(11-19)15-5-3-2-4-6-15/h2-10,16H,11-13,19H2,1H3. The van der Waals surface area contributed by atoms with Crippen molar-refractivity contribution in [1.29, 1.82) is 0 Å². The molecule has 0 radical (unpaired) electrons. The van der Waals surface area contributed by atoms with Crippen LogP contribution in [0.3, 0.4) is 0 Å². The van der Waals surface area contributed by atoms with Crippen LogP contribution in [0.1, 0.15) is 17.0 Å². The third-order valence-electron chi connectivity index (χ3n) is 3.45. The van der Waals surface area contributed by atoms with E-state index in [1.165, 1.54) is 17.7 Å². The quantitative estimate of drug-likeness (QED) is 0.876. The van der Waals surface area contributed by atoms with E-state index in [-0.39, 0.29) is 5.82 Å².